The van der Waals surface area contributed by atoms with Gasteiger partial charge in [0.15, 0.2) is 0 Å². The average Bonchev–Trinajstić information content (AvgIpc) is 3.11. The second kappa shape index (κ2) is 6.79. The number of rotatable bonds is 4. The molecule has 2 N–H and O–H groups in total. The van der Waals surface area contributed by atoms with E-state index in [4.69, 9.17) is 0 Å². The smallest absolute Gasteiger partial charge is 0.274 e. The summed E-state index contributed by atoms with van der Waals surface area (Å²) in [5.74, 6) is -0.331. The van der Waals surface area contributed by atoms with Crippen LogP contribution in [0.5, 0.6) is 0 Å². The van der Waals surface area contributed by atoms with Crippen LogP contribution in [-0.4, -0.2) is 36.3 Å². The van der Waals surface area contributed by atoms with E-state index in [0.717, 1.165) is 33.6 Å². The fraction of sp³-hybridized carbons (Fsp3) is 0.238. The van der Waals surface area contributed by atoms with Gasteiger partial charge in [0.25, 0.3) is 11.8 Å². The third-order valence-corrected chi connectivity index (χ3v) is 4.64. The summed E-state index contributed by atoms with van der Waals surface area (Å²) in [5.41, 5.74) is 6.44. The molecule has 2 heterocycles. The Labute approximate surface area is 157 Å². The molecular formula is C21H20N4O2. The Morgan fingerprint density at radius 3 is 1.63 bits per heavy atom. The van der Waals surface area contributed by atoms with Crippen molar-refractivity contribution < 1.29 is 9.59 Å². The fourth-order valence-corrected chi connectivity index (χ4v) is 3.30. The van der Waals surface area contributed by atoms with E-state index in [1.807, 2.05) is 50.2 Å². The first-order valence-electron chi connectivity index (χ1n) is 8.96. The normalized spacial score (nSPS) is 17.9. The van der Waals surface area contributed by atoms with Crippen LogP contribution in [0.15, 0.2) is 46.4 Å². The SMILES string of the molecule is Cc1ccc2c(c1)C(=NCCCN=C1C(=O)Nc3ccc(C)cc31)C(=O)N2. The van der Waals surface area contributed by atoms with E-state index in [9.17, 15) is 9.59 Å². The summed E-state index contributed by atoms with van der Waals surface area (Å²) in [7, 11) is 0. The summed E-state index contributed by atoms with van der Waals surface area (Å²) in [4.78, 5) is 33.1. The Morgan fingerprint density at radius 1 is 0.741 bits per heavy atom. The molecule has 136 valence electrons. The highest BCUT2D eigenvalue weighted by Crippen LogP contribution is 2.25. The molecule has 2 aliphatic heterocycles. The van der Waals surface area contributed by atoms with E-state index >= 15 is 0 Å². The lowest BCUT2D eigenvalue weighted by Crippen LogP contribution is -2.16. The predicted molar refractivity (Wildman–Crippen MR) is 107 cm³/mol. The van der Waals surface area contributed by atoms with Gasteiger partial charge < -0.3 is 10.6 Å². The third kappa shape index (κ3) is 3.26. The lowest BCUT2D eigenvalue weighted by molar-refractivity contribution is -0.110. The molecule has 0 atom stereocenters. The maximum atomic E-state index is 12.1. The lowest BCUT2D eigenvalue weighted by atomic mass is 10.1. The average molecular weight is 360 g/mol. The predicted octanol–water partition coefficient (Wildman–Crippen LogP) is 2.88. The molecular weight excluding hydrogens is 340 g/mol. The highest BCUT2D eigenvalue weighted by molar-refractivity contribution is 6.54. The Bertz CT molecular complexity index is 939. The zero-order valence-corrected chi connectivity index (χ0v) is 15.3. The topological polar surface area (TPSA) is 82.9 Å². The molecule has 0 aromatic heterocycles. The Morgan fingerprint density at radius 2 is 1.19 bits per heavy atom. The number of aliphatic imine (C=N–C) groups is 2. The minimum atomic E-state index is -0.165. The molecule has 2 aliphatic rings. The molecule has 4 rings (SSSR count). The Kier molecular flexibility index (Phi) is 4.32. The first-order valence-corrected chi connectivity index (χ1v) is 8.96. The number of benzene rings is 2. The number of carbonyl (C=O) groups excluding carboxylic acids is 2. The van der Waals surface area contributed by atoms with Gasteiger partial charge >= 0.3 is 0 Å². The first-order chi connectivity index (χ1) is 13.0. The molecule has 6 nitrogen and oxygen atoms in total. The number of nitrogens with zero attached hydrogens (tertiary/aromatic N) is 2. The van der Waals surface area contributed by atoms with Crippen molar-refractivity contribution in [2.45, 2.75) is 20.3 Å². The van der Waals surface area contributed by atoms with Crippen LogP contribution in [-0.2, 0) is 9.59 Å². The van der Waals surface area contributed by atoms with Crippen LogP contribution < -0.4 is 10.6 Å². The van der Waals surface area contributed by atoms with Crippen molar-refractivity contribution in [3.05, 3.63) is 58.7 Å². The highest BCUT2D eigenvalue weighted by atomic mass is 16.2. The van der Waals surface area contributed by atoms with Crippen LogP contribution >= 0.6 is 0 Å². The minimum Gasteiger partial charge on any atom is -0.320 e. The van der Waals surface area contributed by atoms with Gasteiger partial charge in [0.1, 0.15) is 11.4 Å². The molecule has 2 amide bonds. The van der Waals surface area contributed by atoms with Gasteiger partial charge in [0.2, 0.25) is 0 Å². The zero-order chi connectivity index (χ0) is 19.0. The zero-order valence-electron chi connectivity index (χ0n) is 15.3. The number of amides is 2. The van der Waals surface area contributed by atoms with E-state index in [1.165, 1.54) is 0 Å². The van der Waals surface area contributed by atoms with Crippen molar-refractivity contribution in [1.29, 1.82) is 0 Å². The number of anilines is 2. The molecule has 27 heavy (non-hydrogen) atoms. The number of aryl methyl sites for hydroxylation is 2. The van der Waals surface area contributed by atoms with Gasteiger partial charge in [0, 0.05) is 24.2 Å². The van der Waals surface area contributed by atoms with E-state index in [-0.39, 0.29) is 11.8 Å². The molecule has 0 saturated heterocycles. The van der Waals surface area contributed by atoms with Crippen LogP contribution in [0, 0.1) is 13.8 Å². The van der Waals surface area contributed by atoms with E-state index in [0.29, 0.717) is 30.9 Å². The summed E-state index contributed by atoms with van der Waals surface area (Å²) in [6, 6.07) is 11.7. The molecule has 0 unspecified atom stereocenters. The van der Waals surface area contributed by atoms with Crippen LogP contribution in [0.2, 0.25) is 0 Å². The Hall–Kier alpha value is -3.28. The molecule has 2 aromatic carbocycles. The van der Waals surface area contributed by atoms with Gasteiger partial charge in [-0.05, 0) is 44.5 Å². The summed E-state index contributed by atoms with van der Waals surface area (Å²) < 4.78 is 0. The number of carbonyl (C=O) groups is 2. The highest BCUT2D eigenvalue weighted by Gasteiger charge is 2.26. The summed E-state index contributed by atoms with van der Waals surface area (Å²) in [6.07, 6.45) is 0.663. The van der Waals surface area contributed by atoms with E-state index < -0.39 is 0 Å². The van der Waals surface area contributed by atoms with Crippen molar-refractivity contribution in [3.63, 3.8) is 0 Å². The maximum Gasteiger partial charge on any atom is 0.274 e. The van der Waals surface area contributed by atoms with Crippen LogP contribution in [0.25, 0.3) is 0 Å². The van der Waals surface area contributed by atoms with Crippen LogP contribution in [0.1, 0.15) is 28.7 Å². The molecule has 0 bridgehead atoms. The van der Waals surface area contributed by atoms with Gasteiger partial charge in [-0.15, -0.1) is 0 Å². The molecule has 0 spiro atoms. The molecule has 0 fully saturated rings. The minimum absolute atomic E-state index is 0.165. The van der Waals surface area contributed by atoms with E-state index in [2.05, 4.69) is 20.6 Å². The third-order valence-electron chi connectivity index (χ3n) is 4.64. The van der Waals surface area contributed by atoms with Gasteiger partial charge in [-0.3, -0.25) is 19.6 Å². The maximum absolute atomic E-state index is 12.1. The van der Waals surface area contributed by atoms with Crippen molar-refractivity contribution >= 4 is 34.6 Å². The fourth-order valence-electron chi connectivity index (χ4n) is 3.30. The van der Waals surface area contributed by atoms with Crippen LogP contribution in [0.4, 0.5) is 11.4 Å². The number of hydrogen-bond donors (Lipinski definition) is 2. The second-order valence-corrected chi connectivity index (χ2v) is 6.82. The molecule has 0 radical (unpaired) electrons. The van der Waals surface area contributed by atoms with E-state index in [1.54, 1.807) is 0 Å². The summed E-state index contributed by atoms with van der Waals surface area (Å²) >= 11 is 0. The summed E-state index contributed by atoms with van der Waals surface area (Å²) in [5, 5.41) is 5.66. The first kappa shape index (κ1) is 17.1. The summed E-state index contributed by atoms with van der Waals surface area (Å²) in [6.45, 7) is 4.94. The number of hydrogen-bond acceptors (Lipinski definition) is 4. The quantitative estimate of drug-likeness (QED) is 0.822. The monoisotopic (exact) mass is 360 g/mol. The molecule has 0 aliphatic carbocycles. The van der Waals surface area contributed by atoms with Gasteiger partial charge in [-0.2, -0.15) is 0 Å². The number of fused-ring (bicyclic) bond motifs is 2. The van der Waals surface area contributed by atoms with Crippen molar-refractivity contribution in [3.8, 4) is 0 Å². The molecule has 6 heteroatoms. The van der Waals surface area contributed by atoms with Crippen molar-refractivity contribution in [1.82, 2.24) is 0 Å². The Balaban J connectivity index is 1.43. The van der Waals surface area contributed by atoms with Crippen molar-refractivity contribution in [2.24, 2.45) is 9.98 Å². The largest absolute Gasteiger partial charge is 0.320 e. The van der Waals surface area contributed by atoms with Gasteiger partial charge in [-0.1, -0.05) is 23.3 Å². The number of nitrogens with one attached hydrogen (secondary N) is 2. The molecule has 0 saturated carbocycles. The van der Waals surface area contributed by atoms with Gasteiger partial charge in [0.05, 0.1) is 11.4 Å². The second-order valence-electron chi connectivity index (χ2n) is 6.82. The van der Waals surface area contributed by atoms with Crippen molar-refractivity contribution in [2.75, 3.05) is 23.7 Å². The molecule has 2 aromatic rings. The lowest BCUT2D eigenvalue weighted by Gasteiger charge is -2.01. The van der Waals surface area contributed by atoms with Crippen LogP contribution in [0.3, 0.4) is 0 Å². The standard InChI is InChI=1S/C21H20N4O2/c1-12-4-6-16-14(10-12)18(20(26)24-16)22-8-3-9-23-19-15-11-13(2)5-7-17(15)25-21(19)27/h4-7,10-11H,3,8-9H2,1-2H3,(H,22,24,26)(H,23,25,27). The van der Waals surface area contributed by atoms with Gasteiger partial charge in [-0.25, -0.2) is 0 Å².